The van der Waals surface area contributed by atoms with E-state index in [4.69, 9.17) is 5.84 Å². The molecule has 2 aromatic rings. The maximum absolute atomic E-state index is 5.46. The lowest BCUT2D eigenvalue weighted by Gasteiger charge is -2.18. The van der Waals surface area contributed by atoms with Crippen molar-refractivity contribution in [2.24, 2.45) is 5.84 Å². The molecule has 0 aliphatic rings. The van der Waals surface area contributed by atoms with Gasteiger partial charge in [-0.05, 0) is 18.7 Å². The van der Waals surface area contributed by atoms with Crippen LogP contribution < -0.4 is 16.2 Å². The van der Waals surface area contributed by atoms with Gasteiger partial charge in [0, 0.05) is 24.2 Å². The minimum Gasteiger partial charge on any atom is -0.358 e. The summed E-state index contributed by atoms with van der Waals surface area (Å²) in [5, 5.41) is 1.12. The van der Waals surface area contributed by atoms with Crippen molar-refractivity contribution in [1.82, 2.24) is 9.97 Å². The zero-order valence-electron chi connectivity index (χ0n) is 11.4. The summed E-state index contributed by atoms with van der Waals surface area (Å²) in [4.78, 5) is 13.4. The van der Waals surface area contributed by atoms with E-state index in [1.54, 1.807) is 11.3 Å². The first-order valence-corrected chi connectivity index (χ1v) is 8.37. The quantitative estimate of drug-likeness (QED) is 0.630. The van der Waals surface area contributed by atoms with Gasteiger partial charge in [0.15, 0.2) is 0 Å². The lowest BCUT2D eigenvalue weighted by atomic mass is 10.3. The molecule has 0 unspecified atom stereocenters. The van der Waals surface area contributed by atoms with E-state index in [-0.39, 0.29) is 0 Å². The van der Waals surface area contributed by atoms with Crippen LogP contribution in [0.4, 0.5) is 11.8 Å². The number of fused-ring (bicyclic) bond motifs is 1. The van der Waals surface area contributed by atoms with Gasteiger partial charge in [-0.15, -0.1) is 11.3 Å². The molecular weight excluding hydrogens is 278 g/mol. The molecule has 0 aromatic carbocycles. The number of aryl methyl sites for hydroxylation is 1. The minimum atomic E-state index is 0.475. The number of rotatable bonds is 6. The Kier molecular flexibility index (Phi) is 4.84. The van der Waals surface area contributed by atoms with E-state index >= 15 is 0 Å². The molecule has 0 saturated carbocycles. The highest BCUT2D eigenvalue weighted by Crippen LogP contribution is 2.31. The average Bonchev–Trinajstić information content (AvgIpc) is 2.86. The maximum atomic E-state index is 5.46. The molecule has 7 heteroatoms. The predicted octanol–water partition coefficient (Wildman–Crippen LogP) is 2.34. The molecule has 0 fully saturated rings. The van der Waals surface area contributed by atoms with E-state index in [1.807, 2.05) is 11.8 Å². The van der Waals surface area contributed by atoms with Crippen molar-refractivity contribution in [2.45, 2.75) is 13.3 Å². The van der Waals surface area contributed by atoms with Crippen LogP contribution in [0.1, 0.15) is 11.8 Å². The standard InChI is InChI=1S/C12H19N5S2/c1-4-8-7-9-10(17(2)5-6-18-3)14-12(16-13)15-11(9)19-8/h7H,4-6,13H2,1-3H3,(H,14,15,16). The molecule has 104 valence electrons. The van der Waals surface area contributed by atoms with E-state index in [2.05, 4.69) is 46.6 Å². The summed E-state index contributed by atoms with van der Waals surface area (Å²) < 4.78 is 0. The number of nitrogen functional groups attached to an aromatic ring is 1. The third-order valence-electron chi connectivity index (χ3n) is 2.89. The van der Waals surface area contributed by atoms with Crippen LogP contribution in [0.25, 0.3) is 10.2 Å². The van der Waals surface area contributed by atoms with Gasteiger partial charge in [0.1, 0.15) is 10.6 Å². The molecule has 5 nitrogen and oxygen atoms in total. The summed E-state index contributed by atoms with van der Waals surface area (Å²) in [7, 11) is 2.06. The van der Waals surface area contributed by atoms with Gasteiger partial charge in [0.2, 0.25) is 5.95 Å². The van der Waals surface area contributed by atoms with E-state index in [9.17, 15) is 0 Å². The van der Waals surface area contributed by atoms with Crippen LogP contribution in [0.5, 0.6) is 0 Å². The Bertz CT molecular complexity index is 554. The van der Waals surface area contributed by atoms with Crippen LogP contribution in [-0.2, 0) is 6.42 Å². The molecule has 0 aliphatic heterocycles. The van der Waals surface area contributed by atoms with Crippen molar-refractivity contribution in [3.63, 3.8) is 0 Å². The van der Waals surface area contributed by atoms with Crippen molar-refractivity contribution in [2.75, 3.05) is 35.9 Å². The van der Waals surface area contributed by atoms with Crippen LogP contribution in [0.3, 0.4) is 0 Å². The monoisotopic (exact) mass is 297 g/mol. The normalized spacial score (nSPS) is 10.9. The maximum Gasteiger partial charge on any atom is 0.240 e. The molecule has 0 spiro atoms. The summed E-state index contributed by atoms with van der Waals surface area (Å²) in [6.07, 6.45) is 3.12. The first-order valence-electron chi connectivity index (χ1n) is 6.16. The molecule has 2 rings (SSSR count). The molecule has 0 aliphatic carbocycles. The number of aromatic nitrogens is 2. The third-order valence-corrected chi connectivity index (χ3v) is 4.66. The summed E-state index contributed by atoms with van der Waals surface area (Å²) in [6.45, 7) is 3.10. The van der Waals surface area contributed by atoms with Crippen LogP contribution in [0.2, 0.25) is 0 Å². The Hall–Kier alpha value is -1.05. The fourth-order valence-corrected chi connectivity index (χ4v) is 3.24. The minimum absolute atomic E-state index is 0.475. The number of hydrazine groups is 1. The van der Waals surface area contributed by atoms with E-state index < -0.39 is 0 Å². The van der Waals surface area contributed by atoms with Crippen LogP contribution >= 0.6 is 23.1 Å². The Morgan fingerprint density at radius 2 is 2.26 bits per heavy atom. The second-order valence-corrected chi connectivity index (χ2v) is 6.32. The zero-order chi connectivity index (χ0) is 13.8. The predicted molar refractivity (Wildman–Crippen MR) is 86.3 cm³/mol. The number of hydrogen-bond donors (Lipinski definition) is 2. The smallest absolute Gasteiger partial charge is 0.240 e. The first-order chi connectivity index (χ1) is 9.19. The first kappa shape index (κ1) is 14.4. The van der Waals surface area contributed by atoms with Crippen LogP contribution in [0.15, 0.2) is 6.07 Å². The van der Waals surface area contributed by atoms with Crippen molar-refractivity contribution in [3.8, 4) is 0 Å². The van der Waals surface area contributed by atoms with Gasteiger partial charge in [-0.2, -0.15) is 16.7 Å². The van der Waals surface area contributed by atoms with E-state index in [0.717, 1.165) is 34.8 Å². The fraction of sp³-hybridized carbons (Fsp3) is 0.500. The Morgan fingerprint density at radius 3 is 2.89 bits per heavy atom. The molecule has 2 heterocycles. The summed E-state index contributed by atoms with van der Waals surface area (Å²) in [6, 6.07) is 2.19. The third kappa shape index (κ3) is 3.10. The highest BCUT2D eigenvalue weighted by molar-refractivity contribution is 7.98. The molecular formula is C12H19N5S2. The molecule has 0 amide bonds. The van der Waals surface area contributed by atoms with Gasteiger partial charge in [-0.25, -0.2) is 10.8 Å². The molecule has 19 heavy (non-hydrogen) atoms. The summed E-state index contributed by atoms with van der Waals surface area (Å²) in [5.74, 6) is 7.95. The van der Waals surface area contributed by atoms with Gasteiger partial charge < -0.3 is 4.90 Å². The SMILES string of the molecule is CCc1cc2c(N(C)CCSC)nc(NN)nc2s1. The fourth-order valence-electron chi connectivity index (χ4n) is 1.82. The number of nitrogens with one attached hydrogen (secondary N) is 1. The number of hydrogen-bond acceptors (Lipinski definition) is 7. The van der Waals surface area contributed by atoms with Crippen molar-refractivity contribution in [1.29, 1.82) is 0 Å². The van der Waals surface area contributed by atoms with Gasteiger partial charge in [-0.1, -0.05) is 6.92 Å². The molecule has 2 aromatic heterocycles. The number of thioether (sulfide) groups is 1. The Balaban J connectivity index is 2.46. The number of nitrogens with two attached hydrogens (primary N) is 1. The van der Waals surface area contributed by atoms with Gasteiger partial charge in [-0.3, -0.25) is 5.43 Å². The Morgan fingerprint density at radius 1 is 1.47 bits per heavy atom. The van der Waals surface area contributed by atoms with Crippen molar-refractivity contribution < 1.29 is 0 Å². The van der Waals surface area contributed by atoms with Crippen molar-refractivity contribution in [3.05, 3.63) is 10.9 Å². The topological polar surface area (TPSA) is 67.1 Å². The van der Waals surface area contributed by atoms with Gasteiger partial charge in [0.25, 0.3) is 0 Å². The van der Waals surface area contributed by atoms with E-state index in [0.29, 0.717) is 5.95 Å². The molecule has 0 atom stereocenters. The highest BCUT2D eigenvalue weighted by atomic mass is 32.2. The molecule has 0 bridgehead atoms. The lowest BCUT2D eigenvalue weighted by Crippen LogP contribution is -2.22. The van der Waals surface area contributed by atoms with Gasteiger partial charge in [0.05, 0.1) is 5.39 Å². The van der Waals surface area contributed by atoms with Crippen LogP contribution in [-0.4, -0.2) is 35.6 Å². The highest BCUT2D eigenvalue weighted by Gasteiger charge is 2.14. The zero-order valence-corrected chi connectivity index (χ0v) is 13.1. The van der Waals surface area contributed by atoms with E-state index in [1.165, 1.54) is 4.88 Å². The second-order valence-electron chi connectivity index (χ2n) is 4.21. The molecule has 0 radical (unpaired) electrons. The average molecular weight is 297 g/mol. The number of anilines is 2. The van der Waals surface area contributed by atoms with Gasteiger partial charge >= 0.3 is 0 Å². The molecule has 0 saturated heterocycles. The summed E-state index contributed by atoms with van der Waals surface area (Å²) in [5.41, 5.74) is 2.55. The van der Waals surface area contributed by atoms with Crippen molar-refractivity contribution >= 4 is 45.1 Å². The van der Waals surface area contributed by atoms with Crippen LogP contribution in [0, 0.1) is 0 Å². The second kappa shape index (κ2) is 6.40. The Labute approximate surface area is 121 Å². The lowest BCUT2D eigenvalue weighted by molar-refractivity contribution is 0.948. The molecule has 3 N–H and O–H groups in total. The largest absolute Gasteiger partial charge is 0.358 e. The number of thiophene rings is 1. The summed E-state index contributed by atoms with van der Waals surface area (Å²) >= 11 is 3.53. The number of nitrogens with zero attached hydrogens (tertiary/aromatic N) is 3.